The fourth-order valence-electron chi connectivity index (χ4n) is 2.20. The zero-order valence-corrected chi connectivity index (χ0v) is 15.5. The number of carbonyl (C=O) groups excluding carboxylic acids is 1. The number of amides is 1. The van der Waals surface area contributed by atoms with Crippen LogP contribution in [0.15, 0.2) is 35.5 Å². The summed E-state index contributed by atoms with van der Waals surface area (Å²) in [5.41, 5.74) is 0.0848. The van der Waals surface area contributed by atoms with Gasteiger partial charge in [0.25, 0.3) is 0 Å². The molecular formula is C15H22N6O3S. The van der Waals surface area contributed by atoms with Gasteiger partial charge in [-0.3, -0.25) is 4.79 Å². The molecule has 0 unspecified atom stereocenters. The molecular weight excluding hydrogens is 344 g/mol. The molecule has 2 rings (SSSR count). The molecule has 0 aliphatic heterocycles. The first kappa shape index (κ1) is 19.0. The van der Waals surface area contributed by atoms with Crippen LogP contribution in [-0.2, 0) is 14.8 Å². The Kier molecular flexibility index (Phi) is 5.53. The number of hydrogen-bond donors (Lipinski definition) is 1. The largest absolute Gasteiger partial charge is 0.350 e. The highest BCUT2D eigenvalue weighted by molar-refractivity contribution is 7.89. The lowest BCUT2D eigenvalue weighted by atomic mass is 10.1. The van der Waals surface area contributed by atoms with Gasteiger partial charge in [0.15, 0.2) is 0 Å². The molecule has 0 saturated heterocycles. The third-order valence-corrected chi connectivity index (χ3v) is 5.17. The number of hydrogen-bond acceptors (Lipinski definition) is 6. The van der Waals surface area contributed by atoms with Crippen LogP contribution in [0.2, 0.25) is 0 Å². The fourth-order valence-corrected chi connectivity index (χ4v) is 3.65. The van der Waals surface area contributed by atoms with Gasteiger partial charge in [-0.05, 0) is 49.4 Å². The van der Waals surface area contributed by atoms with Crippen LogP contribution in [0, 0.1) is 0 Å². The molecule has 10 heteroatoms. The number of sulfonamides is 1. The summed E-state index contributed by atoms with van der Waals surface area (Å²) in [4.78, 5) is 12.2. The van der Waals surface area contributed by atoms with Crippen LogP contribution in [0.4, 0.5) is 0 Å². The van der Waals surface area contributed by atoms with Crippen molar-refractivity contribution in [3.8, 4) is 5.69 Å². The first-order chi connectivity index (χ1) is 11.6. The molecule has 0 fully saturated rings. The highest BCUT2D eigenvalue weighted by Crippen LogP contribution is 2.18. The highest BCUT2D eigenvalue weighted by Gasteiger charge is 2.27. The first-order valence-electron chi connectivity index (χ1n) is 7.78. The molecule has 0 bridgehead atoms. The van der Waals surface area contributed by atoms with Gasteiger partial charge in [-0.15, -0.1) is 5.10 Å². The first-order valence-corrected chi connectivity index (χ1v) is 9.22. The number of benzene rings is 1. The second kappa shape index (κ2) is 7.28. The molecule has 1 amide bonds. The minimum absolute atomic E-state index is 0.0749. The Balaban J connectivity index is 2.27. The van der Waals surface area contributed by atoms with E-state index in [-0.39, 0.29) is 23.9 Å². The number of tetrazole rings is 1. The van der Waals surface area contributed by atoms with Crippen LogP contribution in [0.25, 0.3) is 5.69 Å². The molecule has 0 radical (unpaired) electrons. The zero-order chi connectivity index (χ0) is 18.7. The normalized spacial score (nSPS) is 12.4. The summed E-state index contributed by atoms with van der Waals surface area (Å²) in [6.07, 6.45) is 1.38. The number of aromatic nitrogens is 4. The van der Waals surface area contributed by atoms with Gasteiger partial charge in [0, 0.05) is 12.1 Å². The van der Waals surface area contributed by atoms with Crippen LogP contribution in [0.1, 0.15) is 27.7 Å². The Bertz CT molecular complexity index is 827. The van der Waals surface area contributed by atoms with Gasteiger partial charge in [0.1, 0.15) is 6.33 Å². The molecule has 0 saturated carbocycles. The van der Waals surface area contributed by atoms with E-state index in [1.165, 1.54) is 23.1 Å². The SMILES string of the molecule is CCN(CC(=O)NC(C)(C)C)S(=O)(=O)c1cccc(-n2cnnn2)c1. The molecule has 0 spiro atoms. The zero-order valence-electron chi connectivity index (χ0n) is 14.7. The maximum absolute atomic E-state index is 12.9. The summed E-state index contributed by atoms with van der Waals surface area (Å²) in [5, 5.41) is 13.6. The molecule has 25 heavy (non-hydrogen) atoms. The summed E-state index contributed by atoms with van der Waals surface area (Å²) in [6, 6.07) is 6.24. The van der Waals surface area contributed by atoms with E-state index in [1.54, 1.807) is 19.1 Å². The maximum atomic E-state index is 12.9. The van der Waals surface area contributed by atoms with Crippen molar-refractivity contribution in [1.82, 2.24) is 29.8 Å². The van der Waals surface area contributed by atoms with Crippen LogP contribution < -0.4 is 5.32 Å². The number of carbonyl (C=O) groups is 1. The summed E-state index contributed by atoms with van der Waals surface area (Å²) in [7, 11) is -3.82. The standard InChI is InChI=1S/C15H22N6O3S/c1-5-20(10-14(22)17-15(2,3)4)25(23,24)13-8-6-7-12(9-13)21-11-16-18-19-21/h6-9,11H,5,10H2,1-4H3,(H,17,22). The lowest BCUT2D eigenvalue weighted by Gasteiger charge is -2.24. The second-order valence-electron chi connectivity index (χ2n) is 6.48. The van der Waals surface area contributed by atoms with Crippen LogP contribution >= 0.6 is 0 Å². The van der Waals surface area contributed by atoms with E-state index >= 15 is 0 Å². The molecule has 2 aromatic rings. The number of nitrogens with one attached hydrogen (secondary N) is 1. The lowest BCUT2D eigenvalue weighted by Crippen LogP contribution is -2.47. The number of nitrogens with zero attached hydrogens (tertiary/aromatic N) is 5. The summed E-state index contributed by atoms with van der Waals surface area (Å²) < 4.78 is 28.2. The van der Waals surface area contributed by atoms with E-state index < -0.39 is 15.6 Å². The van der Waals surface area contributed by atoms with Crippen molar-refractivity contribution in [2.45, 2.75) is 38.1 Å². The Morgan fingerprint density at radius 2 is 2.04 bits per heavy atom. The van der Waals surface area contributed by atoms with Crippen molar-refractivity contribution in [1.29, 1.82) is 0 Å². The van der Waals surface area contributed by atoms with Gasteiger partial charge >= 0.3 is 0 Å². The Hall–Kier alpha value is -2.33. The summed E-state index contributed by atoms with van der Waals surface area (Å²) >= 11 is 0. The third kappa shape index (κ3) is 4.83. The fraction of sp³-hybridized carbons (Fsp3) is 0.467. The average Bonchev–Trinajstić information content (AvgIpc) is 3.05. The maximum Gasteiger partial charge on any atom is 0.243 e. The highest BCUT2D eigenvalue weighted by atomic mass is 32.2. The second-order valence-corrected chi connectivity index (χ2v) is 8.42. The minimum Gasteiger partial charge on any atom is -0.350 e. The summed E-state index contributed by atoms with van der Waals surface area (Å²) in [5.74, 6) is -0.352. The van der Waals surface area contributed by atoms with Gasteiger partial charge < -0.3 is 5.32 Å². The molecule has 9 nitrogen and oxygen atoms in total. The van der Waals surface area contributed by atoms with Crippen molar-refractivity contribution in [2.75, 3.05) is 13.1 Å². The van der Waals surface area contributed by atoms with E-state index in [4.69, 9.17) is 0 Å². The quantitative estimate of drug-likeness (QED) is 0.801. The molecule has 0 aliphatic carbocycles. The third-order valence-electron chi connectivity index (χ3n) is 3.26. The topological polar surface area (TPSA) is 110 Å². The lowest BCUT2D eigenvalue weighted by molar-refractivity contribution is -0.122. The van der Waals surface area contributed by atoms with Crippen molar-refractivity contribution < 1.29 is 13.2 Å². The van der Waals surface area contributed by atoms with Crippen molar-refractivity contribution in [3.63, 3.8) is 0 Å². The Morgan fingerprint density at radius 1 is 1.32 bits per heavy atom. The van der Waals surface area contributed by atoms with Crippen molar-refractivity contribution in [2.24, 2.45) is 0 Å². The summed E-state index contributed by atoms with van der Waals surface area (Å²) in [6.45, 7) is 7.13. The molecule has 1 aromatic heterocycles. The molecule has 1 heterocycles. The van der Waals surface area contributed by atoms with Crippen molar-refractivity contribution in [3.05, 3.63) is 30.6 Å². The van der Waals surface area contributed by atoms with Gasteiger partial charge in [0.05, 0.1) is 17.1 Å². The van der Waals surface area contributed by atoms with E-state index in [2.05, 4.69) is 20.8 Å². The van der Waals surface area contributed by atoms with Crippen molar-refractivity contribution >= 4 is 15.9 Å². The predicted octanol–water partition coefficient (Wildman–Crippen LogP) is 0.588. The minimum atomic E-state index is -3.82. The van der Waals surface area contributed by atoms with E-state index in [0.717, 1.165) is 4.31 Å². The molecule has 0 atom stereocenters. The average molecular weight is 366 g/mol. The van der Waals surface area contributed by atoms with E-state index in [1.807, 2.05) is 20.8 Å². The Labute approximate surface area is 147 Å². The van der Waals surface area contributed by atoms with Crippen LogP contribution in [0.5, 0.6) is 0 Å². The predicted molar refractivity (Wildman–Crippen MR) is 91.5 cm³/mol. The van der Waals surface area contributed by atoms with Crippen LogP contribution in [-0.4, -0.2) is 57.5 Å². The van der Waals surface area contributed by atoms with Crippen LogP contribution in [0.3, 0.4) is 0 Å². The van der Waals surface area contributed by atoms with Gasteiger partial charge in [0.2, 0.25) is 15.9 Å². The van der Waals surface area contributed by atoms with E-state index in [9.17, 15) is 13.2 Å². The van der Waals surface area contributed by atoms with Gasteiger partial charge in [-0.1, -0.05) is 13.0 Å². The number of likely N-dealkylation sites (N-methyl/N-ethyl adjacent to an activating group) is 1. The molecule has 1 aromatic carbocycles. The molecule has 136 valence electrons. The number of rotatable bonds is 6. The van der Waals surface area contributed by atoms with Gasteiger partial charge in [-0.25, -0.2) is 13.1 Å². The monoisotopic (exact) mass is 366 g/mol. The van der Waals surface area contributed by atoms with Gasteiger partial charge in [-0.2, -0.15) is 4.31 Å². The molecule has 0 aliphatic rings. The Morgan fingerprint density at radius 3 is 2.60 bits per heavy atom. The molecule has 1 N–H and O–H groups in total. The smallest absolute Gasteiger partial charge is 0.243 e. The van der Waals surface area contributed by atoms with E-state index in [0.29, 0.717) is 5.69 Å².